The lowest BCUT2D eigenvalue weighted by Gasteiger charge is -2.14. The number of esters is 1. The van der Waals surface area contributed by atoms with Crippen LogP contribution in [0.25, 0.3) is 0 Å². The molecule has 0 saturated heterocycles. The lowest BCUT2D eigenvalue weighted by molar-refractivity contribution is -0.148. The van der Waals surface area contributed by atoms with Crippen LogP contribution in [0.5, 0.6) is 0 Å². The number of carbonyl (C=O) groups excluding carboxylic acids is 1. The SMILES string of the molecule is C=CC[C@H](C(=O)OC)[C@H](C)O. The molecule has 3 nitrogen and oxygen atoms in total. The van der Waals surface area contributed by atoms with E-state index in [0.717, 1.165) is 0 Å². The third kappa shape index (κ3) is 3.18. The molecule has 1 N–H and O–H groups in total. The maximum atomic E-state index is 10.9. The summed E-state index contributed by atoms with van der Waals surface area (Å²) >= 11 is 0. The summed E-state index contributed by atoms with van der Waals surface area (Å²) < 4.78 is 4.48. The molecule has 0 aliphatic rings. The fraction of sp³-hybridized carbons (Fsp3) is 0.625. The van der Waals surface area contributed by atoms with E-state index in [2.05, 4.69) is 11.3 Å². The number of ether oxygens (including phenoxy) is 1. The van der Waals surface area contributed by atoms with Gasteiger partial charge in [-0.1, -0.05) is 6.08 Å². The summed E-state index contributed by atoms with van der Waals surface area (Å²) in [6, 6.07) is 0. The summed E-state index contributed by atoms with van der Waals surface area (Å²) in [4.78, 5) is 10.9. The minimum absolute atomic E-state index is 0.389. The van der Waals surface area contributed by atoms with Crippen molar-refractivity contribution in [1.82, 2.24) is 0 Å². The van der Waals surface area contributed by atoms with Crippen molar-refractivity contribution in [2.24, 2.45) is 5.92 Å². The number of hydrogen-bond acceptors (Lipinski definition) is 3. The van der Waals surface area contributed by atoms with Gasteiger partial charge in [-0.3, -0.25) is 4.79 Å². The van der Waals surface area contributed by atoms with Gasteiger partial charge >= 0.3 is 5.97 Å². The zero-order valence-electron chi connectivity index (χ0n) is 6.91. The number of carbonyl (C=O) groups is 1. The van der Waals surface area contributed by atoms with Crippen LogP contribution in [0.1, 0.15) is 13.3 Å². The summed E-state index contributed by atoms with van der Waals surface area (Å²) in [5.41, 5.74) is 0. The average Bonchev–Trinajstić information content (AvgIpc) is 1.98. The highest BCUT2D eigenvalue weighted by atomic mass is 16.5. The number of methoxy groups -OCH3 is 1. The summed E-state index contributed by atoms with van der Waals surface area (Å²) in [5.74, 6) is -0.864. The molecule has 0 radical (unpaired) electrons. The molecule has 2 atom stereocenters. The Hall–Kier alpha value is -0.830. The summed E-state index contributed by atoms with van der Waals surface area (Å²) in [6.45, 7) is 5.04. The van der Waals surface area contributed by atoms with Gasteiger partial charge in [-0.15, -0.1) is 6.58 Å². The standard InChI is InChI=1S/C8H14O3/c1-4-5-7(6(2)9)8(10)11-3/h4,6-7,9H,1,5H2,2-3H3/t6-,7-/m0/s1. The third-order valence-corrected chi connectivity index (χ3v) is 1.51. The van der Waals surface area contributed by atoms with E-state index in [1.54, 1.807) is 13.0 Å². The van der Waals surface area contributed by atoms with Gasteiger partial charge in [-0.25, -0.2) is 0 Å². The molecule has 0 aromatic heterocycles. The molecule has 0 unspecified atom stereocenters. The average molecular weight is 158 g/mol. The van der Waals surface area contributed by atoms with Crippen LogP contribution in [-0.4, -0.2) is 24.3 Å². The molecule has 64 valence electrons. The molecule has 0 fully saturated rings. The van der Waals surface area contributed by atoms with Crippen molar-refractivity contribution in [2.75, 3.05) is 7.11 Å². The van der Waals surface area contributed by atoms with E-state index < -0.39 is 12.0 Å². The number of hydrogen-bond donors (Lipinski definition) is 1. The first kappa shape index (κ1) is 10.2. The van der Waals surface area contributed by atoms with Gasteiger partial charge in [0.15, 0.2) is 0 Å². The van der Waals surface area contributed by atoms with Crippen LogP contribution in [0, 0.1) is 5.92 Å². The normalized spacial score (nSPS) is 15.2. The van der Waals surface area contributed by atoms with Gasteiger partial charge in [-0.2, -0.15) is 0 Å². The molecule has 0 heterocycles. The number of aliphatic hydroxyl groups is 1. The molecule has 3 heteroatoms. The monoisotopic (exact) mass is 158 g/mol. The van der Waals surface area contributed by atoms with E-state index in [4.69, 9.17) is 5.11 Å². The molecule has 0 amide bonds. The van der Waals surface area contributed by atoms with Crippen LogP contribution in [0.4, 0.5) is 0 Å². The fourth-order valence-electron chi connectivity index (χ4n) is 0.821. The Morgan fingerprint density at radius 2 is 2.36 bits per heavy atom. The predicted octanol–water partition coefficient (Wildman–Crippen LogP) is 0.732. The van der Waals surface area contributed by atoms with Crippen molar-refractivity contribution in [2.45, 2.75) is 19.4 Å². The van der Waals surface area contributed by atoms with E-state index in [1.165, 1.54) is 7.11 Å². The Bertz CT molecular complexity index is 140. The first-order valence-electron chi connectivity index (χ1n) is 3.50. The van der Waals surface area contributed by atoms with Crippen molar-refractivity contribution < 1.29 is 14.6 Å². The first-order chi connectivity index (χ1) is 5.13. The first-order valence-corrected chi connectivity index (χ1v) is 3.50. The second-order valence-electron chi connectivity index (χ2n) is 2.39. The second-order valence-corrected chi connectivity index (χ2v) is 2.39. The van der Waals surface area contributed by atoms with Gasteiger partial charge in [0.1, 0.15) is 0 Å². The van der Waals surface area contributed by atoms with Gasteiger partial charge < -0.3 is 9.84 Å². The van der Waals surface area contributed by atoms with Gasteiger partial charge in [0.25, 0.3) is 0 Å². The zero-order chi connectivity index (χ0) is 8.85. The molecule has 0 aromatic rings. The molecule has 0 bridgehead atoms. The predicted molar refractivity (Wildman–Crippen MR) is 42.0 cm³/mol. The van der Waals surface area contributed by atoms with Crippen molar-refractivity contribution in [3.8, 4) is 0 Å². The molecule has 0 aromatic carbocycles. The molecule has 0 saturated carbocycles. The summed E-state index contributed by atoms with van der Waals surface area (Å²) in [5, 5.41) is 9.10. The van der Waals surface area contributed by atoms with E-state index in [1.807, 2.05) is 0 Å². The highest BCUT2D eigenvalue weighted by molar-refractivity contribution is 5.73. The van der Waals surface area contributed by atoms with Crippen LogP contribution in [0.3, 0.4) is 0 Å². The Kier molecular flexibility index (Phi) is 4.54. The van der Waals surface area contributed by atoms with Crippen LogP contribution in [0.2, 0.25) is 0 Å². The van der Waals surface area contributed by atoms with E-state index in [0.29, 0.717) is 6.42 Å². The fourth-order valence-corrected chi connectivity index (χ4v) is 0.821. The number of rotatable bonds is 4. The topological polar surface area (TPSA) is 46.5 Å². The van der Waals surface area contributed by atoms with Crippen molar-refractivity contribution in [3.05, 3.63) is 12.7 Å². The molecule has 0 spiro atoms. The summed E-state index contributed by atoms with van der Waals surface area (Å²) in [6.07, 6.45) is 1.36. The van der Waals surface area contributed by atoms with Crippen LogP contribution < -0.4 is 0 Å². The zero-order valence-corrected chi connectivity index (χ0v) is 6.91. The highest BCUT2D eigenvalue weighted by Gasteiger charge is 2.22. The lowest BCUT2D eigenvalue weighted by Crippen LogP contribution is -2.26. The Balaban J connectivity index is 4.08. The molecule has 0 rings (SSSR count). The van der Waals surface area contributed by atoms with Gasteiger partial charge in [-0.05, 0) is 13.3 Å². The van der Waals surface area contributed by atoms with Crippen LogP contribution in [0.15, 0.2) is 12.7 Å². The van der Waals surface area contributed by atoms with Crippen LogP contribution >= 0.6 is 0 Å². The minimum Gasteiger partial charge on any atom is -0.469 e. The van der Waals surface area contributed by atoms with Gasteiger partial charge in [0.05, 0.1) is 19.1 Å². The van der Waals surface area contributed by atoms with E-state index >= 15 is 0 Å². The molecular formula is C8H14O3. The lowest BCUT2D eigenvalue weighted by atomic mass is 10.0. The minimum atomic E-state index is -0.680. The van der Waals surface area contributed by atoms with E-state index in [-0.39, 0.29) is 5.97 Å². The second kappa shape index (κ2) is 4.91. The Morgan fingerprint density at radius 1 is 1.82 bits per heavy atom. The van der Waals surface area contributed by atoms with Crippen molar-refractivity contribution in [3.63, 3.8) is 0 Å². The maximum absolute atomic E-state index is 10.9. The number of aliphatic hydroxyl groups excluding tert-OH is 1. The number of allylic oxidation sites excluding steroid dienone is 1. The third-order valence-electron chi connectivity index (χ3n) is 1.51. The maximum Gasteiger partial charge on any atom is 0.311 e. The smallest absolute Gasteiger partial charge is 0.311 e. The van der Waals surface area contributed by atoms with Gasteiger partial charge in [0, 0.05) is 0 Å². The highest BCUT2D eigenvalue weighted by Crippen LogP contribution is 2.10. The Morgan fingerprint density at radius 3 is 2.64 bits per heavy atom. The van der Waals surface area contributed by atoms with Crippen molar-refractivity contribution >= 4 is 5.97 Å². The summed E-state index contributed by atoms with van der Waals surface area (Å²) in [7, 11) is 1.31. The van der Waals surface area contributed by atoms with Crippen molar-refractivity contribution in [1.29, 1.82) is 0 Å². The molecular weight excluding hydrogens is 144 g/mol. The largest absolute Gasteiger partial charge is 0.469 e. The molecule has 0 aliphatic heterocycles. The quantitative estimate of drug-likeness (QED) is 0.484. The van der Waals surface area contributed by atoms with E-state index in [9.17, 15) is 4.79 Å². The van der Waals surface area contributed by atoms with Gasteiger partial charge in [0.2, 0.25) is 0 Å². The molecule has 11 heavy (non-hydrogen) atoms. The Labute approximate surface area is 66.7 Å². The molecule has 0 aliphatic carbocycles. The van der Waals surface area contributed by atoms with Crippen LogP contribution in [-0.2, 0) is 9.53 Å².